The summed E-state index contributed by atoms with van der Waals surface area (Å²) in [4.78, 5) is 13.5. The first kappa shape index (κ1) is 13.5. The minimum atomic E-state index is 0.115. The summed E-state index contributed by atoms with van der Waals surface area (Å²) >= 11 is 0. The van der Waals surface area contributed by atoms with Gasteiger partial charge in [-0.25, -0.2) is 9.97 Å². The molecule has 0 atom stereocenters. The van der Waals surface area contributed by atoms with Gasteiger partial charge >= 0.3 is 0 Å². The quantitative estimate of drug-likeness (QED) is 0.772. The van der Waals surface area contributed by atoms with Gasteiger partial charge in [-0.15, -0.1) is 0 Å². The van der Waals surface area contributed by atoms with Crippen molar-refractivity contribution in [2.45, 2.75) is 13.1 Å². The maximum absolute atomic E-state index is 9.12. The maximum Gasteiger partial charge on any atom is 0.212 e. The summed E-state index contributed by atoms with van der Waals surface area (Å²) in [5.41, 5.74) is 1.07. The van der Waals surface area contributed by atoms with E-state index in [1.165, 1.54) is 0 Å². The molecule has 0 amide bonds. The number of nitrogens with zero attached hydrogens (tertiary/aromatic N) is 3. The van der Waals surface area contributed by atoms with E-state index < -0.39 is 0 Å². The highest BCUT2D eigenvalue weighted by molar-refractivity contribution is 5.17. The molecule has 6 nitrogen and oxygen atoms in total. The van der Waals surface area contributed by atoms with Crippen molar-refractivity contribution in [3.63, 3.8) is 0 Å². The van der Waals surface area contributed by atoms with E-state index in [0.29, 0.717) is 25.5 Å². The molecule has 0 aromatic carbocycles. The van der Waals surface area contributed by atoms with Crippen LogP contribution in [0.4, 0.5) is 0 Å². The van der Waals surface area contributed by atoms with Gasteiger partial charge in [0.25, 0.3) is 0 Å². The molecule has 0 fully saturated rings. The Hall–Kier alpha value is -1.92. The molecule has 2 N–H and O–H groups in total. The molecule has 2 heterocycles. The van der Waals surface area contributed by atoms with Gasteiger partial charge in [0.2, 0.25) is 5.88 Å². The number of pyridine rings is 1. The zero-order valence-corrected chi connectivity index (χ0v) is 10.9. The zero-order valence-electron chi connectivity index (χ0n) is 10.9. The smallest absolute Gasteiger partial charge is 0.212 e. The standard InChI is InChI=1S/C13H18N4O2/c1-19-13-3-2-11(8-16-13)9-17(6-7-18)10-12-14-4-5-15-12/h2-5,8,18H,6-7,9-10H2,1H3,(H,14,15). The first-order valence-corrected chi connectivity index (χ1v) is 6.12. The van der Waals surface area contributed by atoms with Gasteiger partial charge in [-0.05, 0) is 5.56 Å². The topological polar surface area (TPSA) is 74.3 Å². The molecule has 2 aromatic rings. The average Bonchev–Trinajstić information content (AvgIpc) is 2.93. The molecule has 2 aromatic heterocycles. The Labute approximate surface area is 112 Å². The summed E-state index contributed by atoms with van der Waals surface area (Å²) in [5.74, 6) is 1.48. The molecular formula is C13H18N4O2. The number of aliphatic hydroxyl groups excluding tert-OH is 1. The average molecular weight is 262 g/mol. The number of H-pyrrole nitrogens is 1. The molecule has 0 radical (unpaired) electrons. The van der Waals surface area contributed by atoms with Crippen LogP contribution >= 0.6 is 0 Å². The second kappa shape index (κ2) is 6.86. The first-order chi connectivity index (χ1) is 9.31. The number of imidazole rings is 1. The summed E-state index contributed by atoms with van der Waals surface area (Å²) < 4.78 is 5.03. The summed E-state index contributed by atoms with van der Waals surface area (Å²) in [6.07, 6.45) is 5.30. The Morgan fingerprint density at radius 3 is 2.79 bits per heavy atom. The highest BCUT2D eigenvalue weighted by Crippen LogP contribution is 2.10. The van der Waals surface area contributed by atoms with E-state index in [1.54, 1.807) is 25.7 Å². The fraction of sp³-hybridized carbons (Fsp3) is 0.385. The molecule has 0 aliphatic carbocycles. The Morgan fingerprint density at radius 2 is 2.21 bits per heavy atom. The third-order valence-corrected chi connectivity index (χ3v) is 2.76. The predicted octanol–water partition coefficient (Wildman–Crippen LogP) is 0.808. The summed E-state index contributed by atoms with van der Waals surface area (Å²) in [5, 5.41) is 9.12. The first-order valence-electron chi connectivity index (χ1n) is 6.12. The van der Waals surface area contributed by atoms with E-state index in [1.807, 2.05) is 12.1 Å². The molecule has 0 saturated carbocycles. The van der Waals surface area contributed by atoms with Gasteiger partial charge in [-0.3, -0.25) is 4.90 Å². The fourth-order valence-electron chi connectivity index (χ4n) is 1.84. The van der Waals surface area contributed by atoms with E-state index in [9.17, 15) is 0 Å². The number of rotatable bonds is 7. The third kappa shape index (κ3) is 4.04. The highest BCUT2D eigenvalue weighted by Gasteiger charge is 2.08. The van der Waals surface area contributed by atoms with Crippen molar-refractivity contribution in [2.75, 3.05) is 20.3 Å². The molecule has 6 heteroatoms. The normalized spacial score (nSPS) is 10.9. The van der Waals surface area contributed by atoms with Crippen molar-refractivity contribution in [2.24, 2.45) is 0 Å². The van der Waals surface area contributed by atoms with Crippen molar-refractivity contribution in [3.8, 4) is 5.88 Å². The molecule has 2 rings (SSSR count). The number of hydrogen-bond donors (Lipinski definition) is 2. The molecule has 0 saturated heterocycles. The molecule has 102 valence electrons. The fourth-order valence-corrected chi connectivity index (χ4v) is 1.84. The van der Waals surface area contributed by atoms with Crippen LogP contribution in [0.15, 0.2) is 30.7 Å². The van der Waals surface area contributed by atoms with Crippen LogP contribution in [0.25, 0.3) is 0 Å². The molecular weight excluding hydrogens is 244 g/mol. The van der Waals surface area contributed by atoms with Crippen molar-refractivity contribution in [1.29, 1.82) is 0 Å². The minimum Gasteiger partial charge on any atom is -0.481 e. The number of ether oxygens (including phenoxy) is 1. The molecule has 0 spiro atoms. The number of nitrogens with one attached hydrogen (secondary N) is 1. The van der Waals surface area contributed by atoms with E-state index in [-0.39, 0.29) is 6.61 Å². The van der Waals surface area contributed by atoms with Crippen LogP contribution in [0.1, 0.15) is 11.4 Å². The minimum absolute atomic E-state index is 0.115. The highest BCUT2D eigenvalue weighted by atomic mass is 16.5. The van der Waals surface area contributed by atoms with Gasteiger partial charge in [0.15, 0.2) is 0 Å². The van der Waals surface area contributed by atoms with Crippen LogP contribution in [0.2, 0.25) is 0 Å². The number of aromatic amines is 1. The van der Waals surface area contributed by atoms with Crippen LogP contribution in [0, 0.1) is 0 Å². The van der Waals surface area contributed by atoms with Crippen LogP contribution in [-0.2, 0) is 13.1 Å². The second-order valence-corrected chi connectivity index (χ2v) is 4.18. The van der Waals surface area contributed by atoms with Gasteiger partial charge in [0.05, 0.1) is 20.3 Å². The Morgan fingerprint density at radius 1 is 1.32 bits per heavy atom. The number of methoxy groups -OCH3 is 1. The van der Waals surface area contributed by atoms with Crippen molar-refractivity contribution >= 4 is 0 Å². The van der Waals surface area contributed by atoms with Gasteiger partial charge in [0, 0.05) is 37.7 Å². The lowest BCUT2D eigenvalue weighted by Gasteiger charge is -2.20. The lowest BCUT2D eigenvalue weighted by atomic mass is 10.2. The Balaban J connectivity index is 1.98. The largest absolute Gasteiger partial charge is 0.481 e. The number of hydrogen-bond acceptors (Lipinski definition) is 5. The van der Waals surface area contributed by atoms with E-state index in [0.717, 1.165) is 11.4 Å². The molecule has 0 aliphatic heterocycles. The van der Waals surface area contributed by atoms with Crippen molar-refractivity contribution in [1.82, 2.24) is 19.9 Å². The Kier molecular flexibility index (Phi) is 4.88. The van der Waals surface area contributed by atoms with E-state index in [4.69, 9.17) is 9.84 Å². The van der Waals surface area contributed by atoms with E-state index in [2.05, 4.69) is 19.9 Å². The molecule has 0 unspecified atom stereocenters. The van der Waals surface area contributed by atoms with Gasteiger partial charge < -0.3 is 14.8 Å². The third-order valence-electron chi connectivity index (χ3n) is 2.76. The number of aromatic nitrogens is 3. The second-order valence-electron chi connectivity index (χ2n) is 4.18. The number of aliphatic hydroxyl groups is 1. The molecule has 0 aliphatic rings. The molecule has 0 bridgehead atoms. The van der Waals surface area contributed by atoms with Gasteiger partial charge in [-0.2, -0.15) is 0 Å². The zero-order chi connectivity index (χ0) is 13.5. The van der Waals surface area contributed by atoms with Crippen molar-refractivity contribution < 1.29 is 9.84 Å². The molecule has 19 heavy (non-hydrogen) atoms. The van der Waals surface area contributed by atoms with E-state index >= 15 is 0 Å². The van der Waals surface area contributed by atoms with Crippen molar-refractivity contribution in [3.05, 3.63) is 42.1 Å². The van der Waals surface area contributed by atoms with Gasteiger partial charge in [-0.1, -0.05) is 6.07 Å². The predicted molar refractivity (Wildman–Crippen MR) is 70.6 cm³/mol. The van der Waals surface area contributed by atoms with Gasteiger partial charge in [0.1, 0.15) is 5.82 Å². The maximum atomic E-state index is 9.12. The monoisotopic (exact) mass is 262 g/mol. The lowest BCUT2D eigenvalue weighted by molar-refractivity contribution is 0.181. The summed E-state index contributed by atoms with van der Waals surface area (Å²) in [6.45, 7) is 2.08. The lowest BCUT2D eigenvalue weighted by Crippen LogP contribution is -2.26. The van der Waals surface area contributed by atoms with Crippen LogP contribution < -0.4 is 4.74 Å². The van der Waals surface area contributed by atoms with Crippen LogP contribution in [0.3, 0.4) is 0 Å². The van der Waals surface area contributed by atoms with Crippen LogP contribution in [-0.4, -0.2) is 45.2 Å². The SMILES string of the molecule is COc1ccc(CN(CCO)Cc2ncc[nH]2)cn1. The summed E-state index contributed by atoms with van der Waals surface area (Å²) in [7, 11) is 1.59. The Bertz CT molecular complexity index is 470. The van der Waals surface area contributed by atoms with Crippen LogP contribution in [0.5, 0.6) is 5.88 Å². The summed E-state index contributed by atoms with van der Waals surface area (Å²) in [6, 6.07) is 3.80.